The molecule has 0 fully saturated rings. The zero-order chi connectivity index (χ0) is 14.7. The van der Waals surface area contributed by atoms with Crippen LogP contribution in [0.25, 0.3) is 0 Å². The van der Waals surface area contributed by atoms with Crippen LogP contribution in [0.15, 0.2) is 36.4 Å². The lowest BCUT2D eigenvalue weighted by Gasteiger charge is -2.06. The first kappa shape index (κ1) is 14.0. The molecule has 0 N–H and O–H groups in total. The maximum absolute atomic E-state index is 13.6. The molecule has 0 saturated heterocycles. The number of halogens is 2. The summed E-state index contributed by atoms with van der Waals surface area (Å²) in [6.07, 6.45) is 0. The Morgan fingerprint density at radius 2 is 1.25 bits per heavy atom. The van der Waals surface area contributed by atoms with Crippen LogP contribution >= 0.6 is 0 Å². The van der Waals surface area contributed by atoms with Crippen molar-refractivity contribution in [3.63, 3.8) is 0 Å². The van der Waals surface area contributed by atoms with Crippen molar-refractivity contribution in [2.75, 3.05) is 14.2 Å². The largest absolute Gasteiger partial charge is 0.494 e. The molecule has 0 atom stereocenters. The van der Waals surface area contributed by atoms with Gasteiger partial charge in [0.25, 0.3) is 0 Å². The predicted octanol–water partition coefficient (Wildman–Crippen LogP) is 3.21. The fraction of sp³-hybridized carbons (Fsp3) is 0.133. The van der Waals surface area contributed by atoms with Gasteiger partial charge in [0.05, 0.1) is 14.2 Å². The van der Waals surface area contributed by atoms with Crippen molar-refractivity contribution >= 4 is 5.78 Å². The van der Waals surface area contributed by atoms with Crippen molar-refractivity contribution < 1.29 is 23.0 Å². The lowest BCUT2D eigenvalue weighted by atomic mass is 10.0. The number of methoxy groups -OCH3 is 2. The van der Waals surface area contributed by atoms with Crippen LogP contribution in [0.2, 0.25) is 0 Å². The van der Waals surface area contributed by atoms with Crippen LogP contribution in [0.3, 0.4) is 0 Å². The summed E-state index contributed by atoms with van der Waals surface area (Å²) in [4.78, 5) is 12.1. The quantitative estimate of drug-likeness (QED) is 0.806. The Balaban J connectivity index is 2.36. The zero-order valence-corrected chi connectivity index (χ0v) is 10.9. The first-order valence-electron chi connectivity index (χ1n) is 5.78. The summed E-state index contributed by atoms with van der Waals surface area (Å²) in [6, 6.07) is 7.66. The molecule has 20 heavy (non-hydrogen) atoms. The van der Waals surface area contributed by atoms with Crippen molar-refractivity contribution in [3.05, 3.63) is 59.2 Å². The number of benzene rings is 2. The van der Waals surface area contributed by atoms with E-state index in [0.29, 0.717) is 0 Å². The minimum Gasteiger partial charge on any atom is -0.494 e. The van der Waals surface area contributed by atoms with E-state index in [2.05, 4.69) is 0 Å². The smallest absolute Gasteiger partial charge is 0.193 e. The number of ketones is 1. The van der Waals surface area contributed by atoms with E-state index in [1.807, 2.05) is 0 Å². The summed E-state index contributed by atoms with van der Waals surface area (Å²) in [6.45, 7) is 0. The highest BCUT2D eigenvalue weighted by atomic mass is 19.1. The molecule has 0 unspecified atom stereocenters. The average molecular weight is 278 g/mol. The standard InChI is InChI=1S/C15H12F2O3/c1-19-13-5-3-9(7-11(13)16)15(18)10-4-6-14(20-2)12(17)8-10/h3-8H,1-2H3. The third-order valence-electron chi connectivity index (χ3n) is 2.83. The summed E-state index contributed by atoms with van der Waals surface area (Å²) in [7, 11) is 2.66. The maximum Gasteiger partial charge on any atom is 0.193 e. The molecule has 2 aromatic carbocycles. The van der Waals surface area contributed by atoms with Crippen molar-refractivity contribution in [3.8, 4) is 11.5 Å². The van der Waals surface area contributed by atoms with Gasteiger partial charge in [0.1, 0.15) is 0 Å². The molecule has 2 rings (SSSR count). The van der Waals surface area contributed by atoms with E-state index in [9.17, 15) is 13.6 Å². The van der Waals surface area contributed by atoms with Gasteiger partial charge in [-0.3, -0.25) is 4.79 Å². The molecular formula is C15H12F2O3. The highest BCUT2D eigenvalue weighted by Crippen LogP contribution is 2.22. The topological polar surface area (TPSA) is 35.5 Å². The molecule has 2 aromatic rings. The normalized spacial score (nSPS) is 10.2. The molecule has 0 bridgehead atoms. The Bertz CT molecular complexity index is 598. The molecular weight excluding hydrogens is 266 g/mol. The Morgan fingerprint density at radius 3 is 1.55 bits per heavy atom. The van der Waals surface area contributed by atoms with Crippen molar-refractivity contribution in [1.29, 1.82) is 0 Å². The van der Waals surface area contributed by atoms with Crippen molar-refractivity contribution in [2.45, 2.75) is 0 Å². The molecule has 0 amide bonds. The van der Waals surface area contributed by atoms with E-state index in [0.717, 1.165) is 12.1 Å². The molecule has 0 aliphatic rings. The number of rotatable bonds is 4. The number of hydrogen-bond donors (Lipinski definition) is 0. The van der Waals surface area contributed by atoms with Crippen LogP contribution in [0, 0.1) is 11.6 Å². The monoisotopic (exact) mass is 278 g/mol. The van der Waals surface area contributed by atoms with Gasteiger partial charge in [-0.15, -0.1) is 0 Å². The first-order chi connectivity index (χ1) is 9.56. The second-order valence-electron chi connectivity index (χ2n) is 4.03. The highest BCUT2D eigenvalue weighted by Gasteiger charge is 2.14. The van der Waals surface area contributed by atoms with E-state index in [1.165, 1.54) is 38.5 Å². The number of carbonyl (C=O) groups is 1. The molecule has 3 nitrogen and oxygen atoms in total. The Kier molecular flexibility index (Phi) is 3.98. The van der Waals surface area contributed by atoms with Gasteiger partial charge >= 0.3 is 0 Å². The van der Waals surface area contributed by atoms with E-state index in [-0.39, 0.29) is 22.6 Å². The summed E-state index contributed by atoms with van der Waals surface area (Å²) in [5.41, 5.74) is 0.237. The SMILES string of the molecule is COc1ccc(C(=O)c2ccc(OC)c(F)c2)cc1F. The van der Waals surface area contributed by atoms with Gasteiger partial charge in [0.2, 0.25) is 0 Å². The highest BCUT2D eigenvalue weighted by molar-refractivity contribution is 6.09. The van der Waals surface area contributed by atoms with Crippen LogP contribution < -0.4 is 9.47 Å². The Labute approximate surface area is 114 Å². The molecule has 5 heteroatoms. The van der Waals surface area contributed by atoms with E-state index < -0.39 is 17.4 Å². The minimum absolute atomic E-state index is 0.0439. The van der Waals surface area contributed by atoms with Crippen LogP contribution in [-0.4, -0.2) is 20.0 Å². The van der Waals surface area contributed by atoms with Gasteiger partial charge in [0, 0.05) is 11.1 Å². The van der Waals surface area contributed by atoms with E-state index in [1.54, 1.807) is 0 Å². The maximum atomic E-state index is 13.6. The van der Waals surface area contributed by atoms with Crippen LogP contribution in [-0.2, 0) is 0 Å². The molecule has 0 spiro atoms. The summed E-state index contributed by atoms with van der Waals surface area (Å²) in [5, 5.41) is 0. The van der Waals surface area contributed by atoms with Crippen molar-refractivity contribution in [2.24, 2.45) is 0 Å². The number of carbonyl (C=O) groups excluding carboxylic acids is 1. The fourth-order valence-corrected chi connectivity index (χ4v) is 1.78. The molecule has 0 aliphatic heterocycles. The average Bonchev–Trinajstić information content (AvgIpc) is 2.46. The van der Waals surface area contributed by atoms with Gasteiger partial charge in [-0.2, -0.15) is 0 Å². The van der Waals surface area contributed by atoms with Crippen LogP contribution in [0.1, 0.15) is 15.9 Å². The molecule has 0 aliphatic carbocycles. The third-order valence-corrected chi connectivity index (χ3v) is 2.83. The van der Waals surface area contributed by atoms with E-state index in [4.69, 9.17) is 9.47 Å². The van der Waals surface area contributed by atoms with Crippen molar-refractivity contribution in [1.82, 2.24) is 0 Å². The molecule has 0 saturated carbocycles. The summed E-state index contributed by atoms with van der Waals surface area (Å²) in [5.74, 6) is -1.68. The number of hydrogen-bond acceptors (Lipinski definition) is 3. The molecule has 0 heterocycles. The fourth-order valence-electron chi connectivity index (χ4n) is 1.78. The lowest BCUT2D eigenvalue weighted by Crippen LogP contribution is -2.03. The van der Waals surface area contributed by atoms with Gasteiger partial charge in [-0.25, -0.2) is 8.78 Å². The van der Waals surface area contributed by atoms with Gasteiger partial charge in [-0.1, -0.05) is 0 Å². The van der Waals surface area contributed by atoms with Gasteiger partial charge in [-0.05, 0) is 36.4 Å². The van der Waals surface area contributed by atoms with E-state index >= 15 is 0 Å². The van der Waals surface area contributed by atoms with Crippen LogP contribution in [0.4, 0.5) is 8.78 Å². The molecule has 0 aromatic heterocycles. The lowest BCUT2D eigenvalue weighted by molar-refractivity contribution is 0.103. The van der Waals surface area contributed by atoms with Gasteiger partial charge < -0.3 is 9.47 Å². The van der Waals surface area contributed by atoms with Gasteiger partial charge in [0.15, 0.2) is 28.9 Å². The second-order valence-corrected chi connectivity index (χ2v) is 4.03. The Hall–Kier alpha value is -2.43. The Morgan fingerprint density at radius 1 is 0.850 bits per heavy atom. The third kappa shape index (κ3) is 2.61. The first-order valence-corrected chi connectivity index (χ1v) is 5.78. The molecule has 0 radical (unpaired) electrons. The summed E-state index contributed by atoms with van der Waals surface area (Å²) >= 11 is 0. The number of ether oxygens (including phenoxy) is 2. The predicted molar refractivity (Wildman–Crippen MR) is 69.3 cm³/mol. The summed E-state index contributed by atoms with van der Waals surface area (Å²) < 4.78 is 36.7. The molecule has 104 valence electrons. The zero-order valence-electron chi connectivity index (χ0n) is 10.9. The van der Waals surface area contributed by atoms with Crippen LogP contribution in [0.5, 0.6) is 11.5 Å². The minimum atomic E-state index is -0.646. The second kappa shape index (κ2) is 5.69.